The van der Waals surface area contributed by atoms with Crippen molar-refractivity contribution in [2.45, 2.75) is 6.92 Å². The van der Waals surface area contributed by atoms with Crippen LogP contribution in [0.15, 0.2) is 12.4 Å². The van der Waals surface area contributed by atoms with E-state index in [2.05, 4.69) is 9.97 Å². The molecule has 0 saturated heterocycles. The van der Waals surface area contributed by atoms with Gasteiger partial charge in [0.05, 0.1) is 0 Å². The van der Waals surface area contributed by atoms with Crippen molar-refractivity contribution in [3.63, 3.8) is 0 Å². The summed E-state index contributed by atoms with van der Waals surface area (Å²) in [5, 5.41) is 6.96. The summed E-state index contributed by atoms with van der Waals surface area (Å²) in [6.07, 6.45) is 3.26. The van der Waals surface area contributed by atoms with Gasteiger partial charge in [0.1, 0.15) is 0 Å². The molecule has 0 spiro atoms. The molecule has 0 saturated carbocycles. The van der Waals surface area contributed by atoms with Crippen molar-refractivity contribution < 1.29 is 0 Å². The number of nitrogens with two attached hydrogens (primary N) is 1. The Hall–Kier alpha value is -1.45. The summed E-state index contributed by atoms with van der Waals surface area (Å²) in [7, 11) is 0. The van der Waals surface area contributed by atoms with Gasteiger partial charge < -0.3 is 5.73 Å². The minimum atomic E-state index is -0.0972. The van der Waals surface area contributed by atoms with Crippen LogP contribution >= 0.6 is 0 Å². The molecular formula is C6H8N4. The van der Waals surface area contributed by atoms with Crippen LogP contribution in [0.2, 0.25) is 0 Å². The van der Waals surface area contributed by atoms with Crippen molar-refractivity contribution >= 4 is 5.84 Å². The second-order valence-corrected chi connectivity index (χ2v) is 2.00. The number of nitrogens with zero attached hydrogens (tertiary/aromatic N) is 2. The Kier molecular flexibility index (Phi) is 1.62. The quantitative estimate of drug-likeness (QED) is 0.423. The Balaban J connectivity index is 3.00. The number of hydrogen-bond acceptors (Lipinski definition) is 3. The number of aromatic nitrogens is 2. The average Bonchev–Trinajstić information content (AvgIpc) is 1.88. The molecule has 0 aliphatic carbocycles. The molecule has 0 aromatic carbocycles. The van der Waals surface area contributed by atoms with E-state index < -0.39 is 0 Å². The normalized spacial score (nSPS) is 9.30. The number of rotatable bonds is 1. The SMILES string of the molecule is Cc1cnc(C(=N)N)nc1. The van der Waals surface area contributed by atoms with Gasteiger partial charge in [0.15, 0.2) is 11.7 Å². The van der Waals surface area contributed by atoms with Crippen LogP contribution in [0.25, 0.3) is 0 Å². The third kappa shape index (κ3) is 1.28. The first kappa shape index (κ1) is 6.67. The highest BCUT2D eigenvalue weighted by Gasteiger charge is 1.96. The molecule has 0 aliphatic rings. The summed E-state index contributed by atoms with van der Waals surface area (Å²) in [5.41, 5.74) is 6.09. The van der Waals surface area contributed by atoms with E-state index in [0.29, 0.717) is 0 Å². The zero-order valence-electron chi connectivity index (χ0n) is 5.63. The van der Waals surface area contributed by atoms with E-state index in [9.17, 15) is 0 Å². The molecule has 1 rings (SSSR count). The first-order chi connectivity index (χ1) is 4.70. The van der Waals surface area contributed by atoms with Gasteiger partial charge in [0, 0.05) is 12.4 Å². The maximum Gasteiger partial charge on any atom is 0.194 e. The largest absolute Gasteiger partial charge is 0.381 e. The lowest BCUT2D eigenvalue weighted by atomic mass is 10.4. The van der Waals surface area contributed by atoms with Crippen molar-refractivity contribution in [1.82, 2.24) is 9.97 Å². The molecule has 0 fully saturated rings. The number of amidine groups is 1. The number of nitrogen functional groups attached to an aromatic ring is 1. The highest BCUT2D eigenvalue weighted by molar-refractivity contribution is 5.90. The van der Waals surface area contributed by atoms with E-state index in [0.717, 1.165) is 5.56 Å². The lowest BCUT2D eigenvalue weighted by Gasteiger charge is -1.94. The summed E-state index contributed by atoms with van der Waals surface area (Å²) < 4.78 is 0. The van der Waals surface area contributed by atoms with Crippen LogP contribution in [-0.4, -0.2) is 15.8 Å². The van der Waals surface area contributed by atoms with E-state index in [1.54, 1.807) is 12.4 Å². The van der Waals surface area contributed by atoms with Gasteiger partial charge in [0.2, 0.25) is 0 Å². The van der Waals surface area contributed by atoms with Gasteiger partial charge in [-0.25, -0.2) is 9.97 Å². The second-order valence-electron chi connectivity index (χ2n) is 2.00. The molecule has 0 aliphatic heterocycles. The molecule has 1 aromatic heterocycles. The number of nitrogens with one attached hydrogen (secondary N) is 1. The van der Waals surface area contributed by atoms with Crippen molar-refractivity contribution in [1.29, 1.82) is 5.41 Å². The Morgan fingerprint density at radius 1 is 1.50 bits per heavy atom. The molecule has 0 radical (unpaired) electrons. The molecular weight excluding hydrogens is 128 g/mol. The first-order valence-electron chi connectivity index (χ1n) is 2.83. The Morgan fingerprint density at radius 2 is 2.00 bits per heavy atom. The minimum Gasteiger partial charge on any atom is -0.381 e. The molecule has 10 heavy (non-hydrogen) atoms. The topological polar surface area (TPSA) is 75.7 Å². The third-order valence-electron chi connectivity index (χ3n) is 1.02. The van der Waals surface area contributed by atoms with Crippen molar-refractivity contribution in [2.75, 3.05) is 0 Å². The summed E-state index contributed by atoms with van der Waals surface area (Å²) in [6.45, 7) is 1.88. The van der Waals surface area contributed by atoms with E-state index in [4.69, 9.17) is 11.1 Å². The van der Waals surface area contributed by atoms with Gasteiger partial charge in [-0.1, -0.05) is 0 Å². The van der Waals surface area contributed by atoms with Gasteiger partial charge in [-0.15, -0.1) is 0 Å². The summed E-state index contributed by atoms with van der Waals surface area (Å²) in [5.74, 6) is 0.186. The second kappa shape index (κ2) is 2.43. The standard InChI is InChI=1S/C6H8N4/c1-4-2-9-6(5(7)8)10-3-4/h2-3H,1H3,(H3,7,8). The zero-order chi connectivity index (χ0) is 7.56. The minimum absolute atomic E-state index is 0.0972. The lowest BCUT2D eigenvalue weighted by molar-refractivity contribution is 1.09. The molecule has 4 heteroatoms. The molecule has 3 N–H and O–H groups in total. The van der Waals surface area contributed by atoms with Crippen molar-refractivity contribution in [3.05, 3.63) is 23.8 Å². The molecule has 1 heterocycles. The summed E-state index contributed by atoms with van der Waals surface area (Å²) in [6, 6.07) is 0. The van der Waals surface area contributed by atoms with Crippen LogP contribution in [0.5, 0.6) is 0 Å². The Bertz CT molecular complexity index is 238. The van der Waals surface area contributed by atoms with Crippen LogP contribution in [0.4, 0.5) is 0 Å². The van der Waals surface area contributed by atoms with E-state index in [-0.39, 0.29) is 11.7 Å². The summed E-state index contributed by atoms with van der Waals surface area (Å²) in [4.78, 5) is 7.63. The highest BCUT2D eigenvalue weighted by Crippen LogP contribution is 1.91. The molecule has 1 aromatic rings. The zero-order valence-corrected chi connectivity index (χ0v) is 5.63. The fraction of sp³-hybridized carbons (Fsp3) is 0.167. The number of aryl methyl sites for hydroxylation is 1. The number of hydrogen-bond donors (Lipinski definition) is 2. The Labute approximate surface area is 58.6 Å². The molecule has 0 atom stereocenters. The van der Waals surface area contributed by atoms with Gasteiger partial charge in [0.25, 0.3) is 0 Å². The molecule has 52 valence electrons. The van der Waals surface area contributed by atoms with Crippen molar-refractivity contribution in [2.24, 2.45) is 5.73 Å². The van der Waals surface area contributed by atoms with Gasteiger partial charge in [-0.3, -0.25) is 5.41 Å². The van der Waals surface area contributed by atoms with Crippen LogP contribution in [0.3, 0.4) is 0 Å². The van der Waals surface area contributed by atoms with E-state index in [1.807, 2.05) is 6.92 Å². The fourth-order valence-electron chi connectivity index (χ4n) is 0.532. The fourth-order valence-corrected chi connectivity index (χ4v) is 0.532. The van der Waals surface area contributed by atoms with Crippen LogP contribution < -0.4 is 5.73 Å². The molecule has 4 nitrogen and oxygen atoms in total. The molecule has 0 bridgehead atoms. The maximum atomic E-state index is 6.96. The average molecular weight is 136 g/mol. The van der Waals surface area contributed by atoms with Crippen LogP contribution in [0.1, 0.15) is 11.4 Å². The van der Waals surface area contributed by atoms with E-state index >= 15 is 0 Å². The van der Waals surface area contributed by atoms with Crippen LogP contribution in [-0.2, 0) is 0 Å². The summed E-state index contributed by atoms with van der Waals surface area (Å²) >= 11 is 0. The predicted octanol–water partition coefficient (Wildman–Crippen LogP) is 0.0691. The maximum absolute atomic E-state index is 6.96. The Morgan fingerprint density at radius 3 is 2.40 bits per heavy atom. The molecule has 0 unspecified atom stereocenters. The predicted molar refractivity (Wildman–Crippen MR) is 37.8 cm³/mol. The first-order valence-corrected chi connectivity index (χ1v) is 2.83. The highest BCUT2D eigenvalue weighted by atomic mass is 14.9. The third-order valence-corrected chi connectivity index (χ3v) is 1.02. The molecule has 0 amide bonds. The van der Waals surface area contributed by atoms with Gasteiger partial charge in [-0.05, 0) is 12.5 Å². The van der Waals surface area contributed by atoms with Gasteiger partial charge in [-0.2, -0.15) is 0 Å². The smallest absolute Gasteiger partial charge is 0.194 e. The van der Waals surface area contributed by atoms with Gasteiger partial charge >= 0.3 is 0 Å². The van der Waals surface area contributed by atoms with E-state index in [1.165, 1.54) is 0 Å². The lowest BCUT2D eigenvalue weighted by Crippen LogP contribution is -2.14. The monoisotopic (exact) mass is 136 g/mol. The van der Waals surface area contributed by atoms with Crippen molar-refractivity contribution in [3.8, 4) is 0 Å². The van der Waals surface area contributed by atoms with Crippen LogP contribution in [0, 0.1) is 12.3 Å².